The Morgan fingerprint density at radius 2 is 2.17 bits per heavy atom. The molecule has 1 aromatic carbocycles. The highest BCUT2D eigenvalue weighted by molar-refractivity contribution is 5.77. The second-order valence-corrected chi connectivity index (χ2v) is 5.48. The molecule has 24 heavy (non-hydrogen) atoms. The van der Waals surface area contributed by atoms with Crippen molar-refractivity contribution in [1.82, 2.24) is 25.0 Å². The number of fused-ring (bicyclic) bond motifs is 1. The molecule has 8 heteroatoms. The van der Waals surface area contributed by atoms with Crippen molar-refractivity contribution in [2.45, 2.75) is 32.9 Å². The Kier molecular flexibility index (Phi) is 4.37. The van der Waals surface area contributed by atoms with Crippen molar-refractivity contribution in [2.24, 2.45) is 0 Å². The number of nitrogens with one attached hydrogen (secondary N) is 1. The van der Waals surface area contributed by atoms with E-state index in [0.29, 0.717) is 22.6 Å². The summed E-state index contributed by atoms with van der Waals surface area (Å²) in [7, 11) is 0. The SMILES string of the molecule is Cc1noc([C@@H](C)NC(=O)CCn2cnc3ccccc3c2=O)n1. The number of aryl methyl sites for hydroxylation is 2. The van der Waals surface area contributed by atoms with E-state index in [1.807, 2.05) is 6.07 Å². The molecule has 0 spiro atoms. The Bertz CT molecular complexity index is 931. The van der Waals surface area contributed by atoms with Gasteiger partial charge in [0.25, 0.3) is 5.56 Å². The monoisotopic (exact) mass is 327 g/mol. The number of hydrogen-bond acceptors (Lipinski definition) is 6. The predicted octanol–water partition coefficient (Wildman–Crippen LogP) is 1.36. The second kappa shape index (κ2) is 6.61. The van der Waals surface area contributed by atoms with Gasteiger partial charge in [0.15, 0.2) is 5.82 Å². The van der Waals surface area contributed by atoms with Crippen molar-refractivity contribution in [1.29, 1.82) is 0 Å². The van der Waals surface area contributed by atoms with Crippen molar-refractivity contribution in [3.8, 4) is 0 Å². The molecule has 2 heterocycles. The standard InChI is InChI=1S/C16H17N5O3/c1-10(15-19-11(2)20-24-15)18-14(22)7-8-21-9-17-13-6-4-3-5-12(13)16(21)23/h3-6,9-10H,7-8H2,1-2H3,(H,18,22)/t10-/m1/s1. The minimum absolute atomic E-state index is 0.150. The molecule has 0 saturated carbocycles. The van der Waals surface area contributed by atoms with E-state index in [0.717, 1.165) is 0 Å². The summed E-state index contributed by atoms with van der Waals surface area (Å²) < 4.78 is 6.45. The van der Waals surface area contributed by atoms with Crippen molar-refractivity contribution >= 4 is 16.8 Å². The molecule has 0 radical (unpaired) electrons. The fraction of sp³-hybridized carbons (Fsp3) is 0.312. The summed E-state index contributed by atoms with van der Waals surface area (Å²) in [6, 6.07) is 6.73. The van der Waals surface area contributed by atoms with Crippen LogP contribution in [0, 0.1) is 6.92 Å². The van der Waals surface area contributed by atoms with E-state index in [-0.39, 0.29) is 30.5 Å². The molecule has 0 unspecified atom stereocenters. The van der Waals surface area contributed by atoms with Gasteiger partial charge in [-0.05, 0) is 26.0 Å². The molecule has 8 nitrogen and oxygen atoms in total. The summed E-state index contributed by atoms with van der Waals surface area (Å²) in [5.74, 6) is 0.656. The lowest BCUT2D eigenvalue weighted by atomic mass is 10.2. The van der Waals surface area contributed by atoms with Gasteiger partial charge in [-0.3, -0.25) is 14.2 Å². The number of hydrogen-bond donors (Lipinski definition) is 1. The van der Waals surface area contributed by atoms with Crippen LogP contribution in [0.1, 0.15) is 31.1 Å². The van der Waals surface area contributed by atoms with Gasteiger partial charge < -0.3 is 9.84 Å². The van der Waals surface area contributed by atoms with Crippen LogP contribution in [0.3, 0.4) is 0 Å². The molecule has 1 N–H and O–H groups in total. The molecule has 0 aliphatic heterocycles. The number of aromatic nitrogens is 4. The Hall–Kier alpha value is -3.03. The highest BCUT2D eigenvalue weighted by Crippen LogP contribution is 2.09. The maximum atomic E-state index is 12.3. The number of nitrogens with zero attached hydrogens (tertiary/aromatic N) is 4. The van der Waals surface area contributed by atoms with E-state index < -0.39 is 0 Å². The zero-order valence-electron chi connectivity index (χ0n) is 13.4. The van der Waals surface area contributed by atoms with Gasteiger partial charge in [0.1, 0.15) is 6.04 Å². The van der Waals surface area contributed by atoms with E-state index in [4.69, 9.17) is 4.52 Å². The number of carbonyl (C=O) groups excluding carboxylic acids is 1. The molecule has 2 aromatic heterocycles. The van der Waals surface area contributed by atoms with Gasteiger partial charge in [0.05, 0.1) is 17.2 Å². The zero-order chi connectivity index (χ0) is 17.1. The number of amides is 1. The van der Waals surface area contributed by atoms with E-state index in [1.54, 1.807) is 32.0 Å². The summed E-state index contributed by atoms with van der Waals surface area (Å²) in [5.41, 5.74) is 0.484. The van der Waals surface area contributed by atoms with Crippen LogP contribution in [0.15, 0.2) is 39.9 Å². The lowest BCUT2D eigenvalue weighted by Crippen LogP contribution is -2.29. The molecular weight excluding hydrogens is 310 g/mol. The van der Waals surface area contributed by atoms with Gasteiger partial charge in [-0.15, -0.1) is 0 Å². The zero-order valence-corrected chi connectivity index (χ0v) is 13.4. The fourth-order valence-corrected chi connectivity index (χ4v) is 2.35. The van der Waals surface area contributed by atoms with E-state index in [2.05, 4.69) is 20.4 Å². The number of para-hydroxylation sites is 1. The molecule has 0 fully saturated rings. The van der Waals surface area contributed by atoms with Gasteiger partial charge in [-0.2, -0.15) is 4.98 Å². The van der Waals surface area contributed by atoms with Crippen LogP contribution in [-0.4, -0.2) is 25.6 Å². The summed E-state index contributed by atoms with van der Waals surface area (Å²) in [6.45, 7) is 3.72. The second-order valence-electron chi connectivity index (χ2n) is 5.48. The maximum Gasteiger partial charge on any atom is 0.261 e. The first-order valence-electron chi connectivity index (χ1n) is 7.58. The molecule has 1 atom stereocenters. The van der Waals surface area contributed by atoms with Gasteiger partial charge in [-0.25, -0.2) is 4.98 Å². The van der Waals surface area contributed by atoms with Crippen LogP contribution >= 0.6 is 0 Å². The lowest BCUT2D eigenvalue weighted by molar-refractivity contribution is -0.122. The first kappa shape index (κ1) is 15.9. The van der Waals surface area contributed by atoms with Crippen LogP contribution in [0.4, 0.5) is 0 Å². The summed E-state index contributed by atoms with van der Waals surface area (Å²) in [4.78, 5) is 32.7. The van der Waals surface area contributed by atoms with Crippen LogP contribution in [-0.2, 0) is 11.3 Å². The molecule has 1 amide bonds. The van der Waals surface area contributed by atoms with E-state index in [1.165, 1.54) is 10.9 Å². The van der Waals surface area contributed by atoms with Crippen LogP contribution in [0.5, 0.6) is 0 Å². The van der Waals surface area contributed by atoms with Crippen molar-refractivity contribution in [3.63, 3.8) is 0 Å². The van der Waals surface area contributed by atoms with Crippen LogP contribution < -0.4 is 10.9 Å². The number of benzene rings is 1. The van der Waals surface area contributed by atoms with Gasteiger partial charge in [-0.1, -0.05) is 17.3 Å². The molecule has 0 bridgehead atoms. The molecule has 3 rings (SSSR count). The van der Waals surface area contributed by atoms with E-state index >= 15 is 0 Å². The molecule has 0 aliphatic carbocycles. The van der Waals surface area contributed by atoms with E-state index in [9.17, 15) is 9.59 Å². The Morgan fingerprint density at radius 3 is 2.92 bits per heavy atom. The summed E-state index contributed by atoms with van der Waals surface area (Å²) >= 11 is 0. The number of carbonyl (C=O) groups is 1. The first-order valence-corrected chi connectivity index (χ1v) is 7.58. The fourth-order valence-electron chi connectivity index (χ4n) is 2.35. The third-order valence-electron chi connectivity index (χ3n) is 3.60. The highest BCUT2D eigenvalue weighted by Gasteiger charge is 2.15. The van der Waals surface area contributed by atoms with Crippen LogP contribution in [0.25, 0.3) is 10.9 Å². The van der Waals surface area contributed by atoms with Crippen molar-refractivity contribution in [3.05, 3.63) is 52.7 Å². The van der Waals surface area contributed by atoms with Gasteiger partial charge in [0, 0.05) is 13.0 Å². The minimum atomic E-state index is -0.384. The lowest BCUT2D eigenvalue weighted by Gasteiger charge is -2.10. The molecule has 124 valence electrons. The minimum Gasteiger partial charge on any atom is -0.345 e. The summed E-state index contributed by atoms with van der Waals surface area (Å²) in [6.07, 6.45) is 1.61. The quantitative estimate of drug-likeness (QED) is 0.759. The normalized spacial score (nSPS) is 12.2. The Labute approximate surface area is 137 Å². The molecule has 3 aromatic rings. The first-order chi connectivity index (χ1) is 11.5. The maximum absolute atomic E-state index is 12.3. The number of rotatable bonds is 5. The average Bonchev–Trinajstić information content (AvgIpc) is 3.01. The smallest absolute Gasteiger partial charge is 0.261 e. The molecule has 0 saturated heterocycles. The Morgan fingerprint density at radius 1 is 1.38 bits per heavy atom. The average molecular weight is 327 g/mol. The topological polar surface area (TPSA) is 103 Å². The van der Waals surface area contributed by atoms with Gasteiger partial charge >= 0.3 is 0 Å². The third kappa shape index (κ3) is 3.32. The largest absolute Gasteiger partial charge is 0.345 e. The summed E-state index contributed by atoms with van der Waals surface area (Å²) in [5, 5.41) is 6.99. The molecular formula is C16H17N5O3. The Balaban J connectivity index is 1.64. The predicted molar refractivity (Wildman–Crippen MR) is 86.2 cm³/mol. The van der Waals surface area contributed by atoms with Crippen molar-refractivity contribution < 1.29 is 9.32 Å². The highest BCUT2D eigenvalue weighted by atomic mass is 16.5. The van der Waals surface area contributed by atoms with Crippen LogP contribution in [0.2, 0.25) is 0 Å². The third-order valence-corrected chi connectivity index (χ3v) is 3.60. The van der Waals surface area contributed by atoms with Gasteiger partial charge in [0.2, 0.25) is 11.8 Å². The van der Waals surface area contributed by atoms with Crippen molar-refractivity contribution in [2.75, 3.05) is 0 Å². The molecule has 0 aliphatic rings.